The summed E-state index contributed by atoms with van der Waals surface area (Å²) in [5.41, 5.74) is 0.322. The molecule has 2 rings (SSSR count). The first-order valence-corrected chi connectivity index (χ1v) is 8.90. The molecule has 27 heavy (non-hydrogen) atoms. The zero-order valence-corrected chi connectivity index (χ0v) is 15.9. The SMILES string of the molecule is COc1ccccc1C(=O)N[C@H](C(=O)OCC(=O)N1CCOCC1)C(C)C. The molecule has 1 aromatic carbocycles. The highest BCUT2D eigenvalue weighted by atomic mass is 16.5. The van der Waals surface area contributed by atoms with Crippen LogP contribution in [0.1, 0.15) is 24.2 Å². The average Bonchev–Trinajstić information content (AvgIpc) is 2.70. The highest BCUT2D eigenvalue weighted by molar-refractivity contribution is 5.99. The second kappa shape index (κ2) is 9.91. The van der Waals surface area contributed by atoms with Gasteiger partial charge in [0.25, 0.3) is 11.8 Å². The van der Waals surface area contributed by atoms with Crippen molar-refractivity contribution in [2.24, 2.45) is 5.92 Å². The Hall–Kier alpha value is -2.61. The van der Waals surface area contributed by atoms with Gasteiger partial charge in [-0.1, -0.05) is 26.0 Å². The van der Waals surface area contributed by atoms with Crippen molar-refractivity contribution in [1.29, 1.82) is 0 Å². The van der Waals surface area contributed by atoms with Crippen LogP contribution in [0.5, 0.6) is 5.75 Å². The summed E-state index contributed by atoms with van der Waals surface area (Å²) in [6.07, 6.45) is 0. The number of para-hydroxylation sites is 1. The van der Waals surface area contributed by atoms with Gasteiger partial charge in [0.05, 0.1) is 25.9 Å². The van der Waals surface area contributed by atoms with Crippen LogP contribution in [0.3, 0.4) is 0 Å². The standard InChI is InChI=1S/C19H26N2O6/c1-13(2)17(20-18(23)14-6-4-5-7-15(14)25-3)19(24)27-12-16(22)21-8-10-26-11-9-21/h4-7,13,17H,8-12H2,1-3H3,(H,20,23)/t17-/m0/s1. The van der Waals surface area contributed by atoms with E-state index in [9.17, 15) is 14.4 Å². The number of carbonyl (C=O) groups excluding carboxylic acids is 3. The number of ether oxygens (including phenoxy) is 3. The first-order chi connectivity index (χ1) is 12.9. The number of methoxy groups -OCH3 is 1. The molecule has 1 N–H and O–H groups in total. The maximum absolute atomic E-state index is 12.5. The quantitative estimate of drug-likeness (QED) is 0.707. The van der Waals surface area contributed by atoms with Crippen LogP contribution in [0.4, 0.5) is 0 Å². The van der Waals surface area contributed by atoms with Crippen LogP contribution in [-0.4, -0.2) is 68.7 Å². The normalized spacial score (nSPS) is 15.2. The molecule has 1 aliphatic rings. The number of esters is 1. The third kappa shape index (κ3) is 5.68. The molecule has 1 aliphatic heterocycles. The third-order valence-corrected chi connectivity index (χ3v) is 4.26. The van der Waals surface area contributed by atoms with Crippen LogP contribution in [0.25, 0.3) is 0 Å². The van der Waals surface area contributed by atoms with Crippen molar-refractivity contribution in [2.75, 3.05) is 40.0 Å². The molecule has 0 aliphatic carbocycles. The fraction of sp³-hybridized carbons (Fsp3) is 0.526. The van der Waals surface area contributed by atoms with E-state index in [2.05, 4.69) is 5.32 Å². The molecule has 2 amide bonds. The number of carbonyl (C=O) groups is 3. The van der Waals surface area contributed by atoms with Crippen molar-refractivity contribution in [3.63, 3.8) is 0 Å². The summed E-state index contributed by atoms with van der Waals surface area (Å²) in [5, 5.41) is 2.67. The van der Waals surface area contributed by atoms with E-state index in [0.717, 1.165) is 0 Å². The summed E-state index contributed by atoms with van der Waals surface area (Å²) in [6, 6.07) is 5.86. The Balaban J connectivity index is 1.96. The molecule has 0 bridgehead atoms. The van der Waals surface area contributed by atoms with Gasteiger partial charge in [-0.25, -0.2) is 4.79 Å². The van der Waals surface area contributed by atoms with E-state index in [0.29, 0.717) is 37.6 Å². The maximum atomic E-state index is 12.5. The highest BCUT2D eigenvalue weighted by Crippen LogP contribution is 2.18. The molecular weight excluding hydrogens is 352 g/mol. The summed E-state index contributed by atoms with van der Waals surface area (Å²) < 4.78 is 15.5. The van der Waals surface area contributed by atoms with Crippen LogP contribution >= 0.6 is 0 Å². The Morgan fingerprint density at radius 2 is 1.85 bits per heavy atom. The Morgan fingerprint density at radius 3 is 2.48 bits per heavy atom. The van der Waals surface area contributed by atoms with Gasteiger partial charge in [-0.3, -0.25) is 9.59 Å². The van der Waals surface area contributed by atoms with Crippen LogP contribution in [0.2, 0.25) is 0 Å². The molecule has 1 aromatic rings. The molecule has 0 saturated carbocycles. The molecule has 1 fully saturated rings. The lowest BCUT2D eigenvalue weighted by Gasteiger charge is -2.27. The number of amides is 2. The van der Waals surface area contributed by atoms with Crippen LogP contribution in [-0.2, 0) is 19.1 Å². The summed E-state index contributed by atoms with van der Waals surface area (Å²) in [7, 11) is 1.47. The number of nitrogens with zero attached hydrogens (tertiary/aromatic N) is 1. The molecule has 0 radical (unpaired) electrons. The summed E-state index contributed by atoms with van der Waals surface area (Å²) >= 11 is 0. The number of benzene rings is 1. The Bertz CT molecular complexity index is 670. The second-order valence-electron chi connectivity index (χ2n) is 6.50. The number of nitrogens with one attached hydrogen (secondary N) is 1. The highest BCUT2D eigenvalue weighted by Gasteiger charge is 2.28. The molecular formula is C19H26N2O6. The fourth-order valence-corrected chi connectivity index (χ4v) is 2.68. The first kappa shape index (κ1) is 20.7. The van der Waals surface area contributed by atoms with Gasteiger partial charge in [0.15, 0.2) is 6.61 Å². The lowest BCUT2D eigenvalue weighted by atomic mass is 10.0. The van der Waals surface area contributed by atoms with Gasteiger partial charge in [-0.15, -0.1) is 0 Å². The number of hydrogen-bond acceptors (Lipinski definition) is 6. The third-order valence-electron chi connectivity index (χ3n) is 4.26. The zero-order chi connectivity index (χ0) is 19.8. The van der Waals surface area contributed by atoms with Gasteiger partial charge < -0.3 is 24.4 Å². The minimum Gasteiger partial charge on any atom is -0.496 e. The second-order valence-corrected chi connectivity index (χ2v) is 6.50. The summed E-state index contributed by atoms with van der Waals surface area (Å²) in [4.78, 5) is 38.7. The Kier molecular flexibility index (Phi) is 7.60. The topological polar surface area (TPSA) is 94.2 Å². The largest absolute Gasteiger partial charge is 0.496 e. The monoisotopic (exact) mass is 378 g/mol. The van der Waals surface area contributed by atoms with Crippen molar-refractivity contribution < 1.29 is 28.6 Å². The average molecular weight is 378 g/mol. The van der Waals surface area contributed by atoms with Crippen molar-refractivity contribution in [3.05, 3.63) is 29.8 Å². The van der Waals surface area contributed by atoms with E-state index in [1.54, 1.807) is 43.0 Å². The van der Waals surface area contributed by atoms with Crippen LogP contribution in [0, 0.1) is 5.92 Å². The number of morpholine rings is 1. The van der Waals surface area contributed by atoms with E-state index < -0.39 is 17.9 Å². The zero-order valence-electron chi connectivity index (χ0n) is 15.9. The van der Waals surface area contributed by atoms with E-state index in [-0.39, 0.29) is 18.4 Å². The van der Waals surface area contributed by atoms with Crippen LogP contribution < -0.4 is 10.1 Å². The predicted molar refractivity (Wildman–Crippen MR) is 97.4 cm³/mol. The van der Waals surface area contributed by atoms with Crippen molar-refractivity contribution in [3.8, 4) is 5.75 Å². The lowest BCUT2D eigenvalue weighted by Crippen LogP contribution is -2.47. The molecule has 0 aromatic heterocycles. The van der Waals surface area contributed by atoms with Crippen molar-refractivity contribution in [2.45, 2.75) is 19.9 Å². The smallest absolute Gasteiger partial charge is 0.329 e. The van der Waals surface area contributed by atoms with Gasteiger partial charge in [0.2, 0.25) is 0 Å². The number of hydrogen-bond donors (Lipinski definition) is 1. The molecule has 0 spiro atoms. The molecule has 1 saturated heterocycles. The van der Waals surface area contributed by atoms with Gasteiger partial charge in [0, 0.05) is 13.1 Å². The molecule has 0 unspecified atom stereocenters. The summed E-state index contributed by atoms with van der Waals surface area (Å²) in [6.45, 7) is 5.14. The van der Waals surface area contributed by atoms with Crippen molar-refractivity contribution in [1.82, 2.24) is 10.2 Å². The maximum Gasteiger partial charge on any atom is 0.329 e. The first-order valence-electron chi connectivity index (χ1n) is 8.90. The van der Waals surface area contributed by atoms with Crippen LogP contribution in [0.15, 0.2) is 24.3 Å². The molecule has 8 heteroatoms. The lowest BCUT2D eigenvalue weighted by molar-refractivity contribution is -0.155. The Morgan fingerprint density at radius 1 is 1.19 bits per heavy atom. The minimum atomic E-state index is -0.875. The van der Waals surface area contributed by atoms with Crippen molar-refractivity contribution >= 4 is 17.8 Å². The Labute approximate surface area is 158 Å². The van der Waals surface area contributed by atoms with Gasteiger partial charge >= 0.3 is 5.97 Å². The van der Waals surface area contributed by atoms with Gasteiger partial charge in [-0.2, -0.15) is 0 Å². The fourth-order valence-electron chi connectivity index (χ4n) is 2.68. The minimum absolute atomic E-state index is 0.213. The van der Waals surface area contributed by atoms with E-state index in [4.69, 9.17) is 14.2 Å². The molecule has 1 atom stereocenters. The van der Waals surface area contributed by atoms with Gasteiger partial charge in [0.1, 0.15) is 11.8 Å². The van der Waals surface area contributed by atoms with E-state index in [1.807, 2.05) is 0 Å². The van der Waals surface area contributed by atoms with Gasteiger partial charge in [-0.05, 0) is 18.1 Å². The molecule has 1 heterocycles. The molecule has 8 nitrogen and oxygen atoms in total. The van der Waals surface area contributed by atoms with E-state index in [1.165, 1.54) is 7.11 Å². The van der Waals surface area contributed by atoms with E-state index >= 15 is 0 Å². The summed E-state index contributed by atoms with van der Waals surface area (Å²) in [5.74, 6) is -1.16. The molecule has 148 valence electrons. The predicted octanol–water partition coefficient (Wildman–Crippen LogP) is 0.852. The number of rotatable bonds is 7.